The largest absolute Gasteiger partial charge is 0.461 e. The highest BCUT2D eigenvalue weighted by molar-refractivity contribution is 5.84. The van der Waals surface area contributed by atoms with Gasteiger partial charge in [-0.15, -0.1) is 0 Å². The zero-order chi connectivity index (χ0) is 24.4. The molecule has 2 atom stereocenters. The summed E-state index contributed by atoms with van der Waals surface area (Å²) in [6, 6.07) is 0.628. The topological polar surface area (TPSA) is 88.9 Å². The van der Waals surface area contributed by atoms with Crippen LogP contribution < -0.4 is 9.64 Å². The van der Waals surface area contributed by atoms with Crippen molar-refractivity contribution in [1.29, 1.82) is 0 Å². The van der Waals surface area contributed by atoms with Crippen molar-refractivity contribution in [1.82, 2.24) is 29.3 Å². The van der Waals surface area contributed by atoms with Gasteiger partial charge in [-0.2, -0.15) is 9.97 Å². The Morgan fingerprint density at radius 2 is 1.80 bits per heavy atom. The van der Waals surface area contributed by atoms with E-state index in [1.54, 1.807) is 6.33 Å². The van der Waals surface area contributed by atoms with Gasteiger partial charge in [0.25, 0.3) is 0 Å². The Morgan fingerprint density at radius 3 is 2.46 bits per heavy atom. The van der Waals surface area contributed by atoms with Gasteiger partial charge in [0.05, 0.1) is 23.9 Å². The highest BCUT2D eigenvalue weighted by Gasteiger charge is 2.46. The maximum absolute atomic E-state index is 12.9. The summed E-state index contributed by atoms with van der Waals surface area (Å²) in [5.41, 5.74) is 1.20. The molecule has 0 N–H and O–H groups in total. The fraction of sp³-hybridized carbons (Fsp3) is 0.760. The quantitative estimate of drug-likeness (QED) is 0.656. The van der Waals surface area contributed by atoms with Crippen LogP contribution in [0, 0.1) is 0 Å². The number of aromatic nitrogens is 4. The molecule has 10 heteroatoms. The zero-order valence-electron chi connectivity index (χ0n) is 21.4. The van der Waals surface area contributed by atoms with Crippen molar-refractivity contribution in [2.24, 2.45) is 7.05 Å². The molecule has 2 aromatic heterocycles. The molecule has 0 saturated carbocycles. The van der Waals surface area contributed by atoms with E-state index in [1.807, 2.05) is 37.3 Å². The first-order chi connectivity index (χ1) is 16.7. The smallest absolute Gasteiger partial charge is 0.410 e. The van der Waals surface area contributed by atoms with Gasteiger partial charge in [-0.1, -0.05) is 0 Å². The van der Waals surface area contributed by atoms with Crippen LogP contribution in [0.5, 0.6) is 6.01 Å². The number of amides is 1. The Hall–Kier alpha value is -2.62. The fourth-order valence-corrected chi connectivity index (χ4v) is 6.61. The van der Waals surface area contributed by atoms with Crippen LogP contribution in [0.4, 0.5) is 10.6 Å². The number of hydrogen-bond donors (Lipinski definition) is 0. The number of hydrogen-bond acceptors (Lipinski definition) is 8. The Labute approximate surface area is 206 Å². The molecule has 4 fully saturated rings. The van der Waals surface area contributed by atoms with Gasteiger partial charge in [-0.05, 0) is 72.4 Å². The maximum atomic E-state index is 12.9. The summed E-state index contributed by atoms with van der Waals surface area (Å²) in [5.74, 6) is 0.804. The van der Waals surface area contributed by atoms with E-state index in [-0.39, 0.29) is 23.7 Å². The van der Waals surface area contributed by atoms with Crippen LogP contribution in [-0.2, 0) is 11.8 Å². The van der Waals surface area contributed by atoms with Crippen molar-refractivity contribution in [2.45, 2.75) is 82.5 Å². The van der Waals surface area contributed by atoms with Gasteiger partial charge in [0.15, 0.2) is 17.0 Å². The lowest BCUT2D eigenvalue weighted by atomic mass is 9.95. The van der Waals surface area contributed by atoms with E-state index in [0.29, 0.717) is 25.7 Å². The van der Waals surface area contributed by atoms with Crippen LogP contribution in [-0.4, -0.2) is 91.4 Å². The van der Waals surface area contributed by atoms with E-state index in [0.717, 1.165) is 29.8 Å². The first-order valence-electron chi connectivity index (χ1n) is 13.1. The molecule has 0 aliphatic carbocycles. The molecule has 35 heavy (non-hydrogen) atoms. The number of carbonyl (C=O) groups is 1. The third-order valence-corrected chi connectivity index (χ3v) is 8.19. The van der Waals surface area contributed by atoms with Crippen molar-refractivity contribution < 1.29 is 14.3 Å². The molecule has 4 aliphatic rings. The van der Waals surface area contributed by atoms with Gasteiger partial charge in [0.2, 0.25) is 0 Å². The first-order valence-corrected chi connectivity index (χ1v) is 13.1. The van der Waals surface area contributed by atoms with Crippen molar-refractivity contribution in [3.05, 3.63) is 6.33 Å². The average molecular weight is 484 g/mol. The summed E-state index contributed by atoms with van der Waals surface area (Å²) >= 11 is 0. The normalized spacial score (nSPS) is 25.9. The second-order valence-electron chi connectivity index (χ2n) is 11.7. The predicted molar refractivity (Wildman–Crippen MR) is 132 cm³/mol. The molecule has 10 nitrogen and oxygen atoms in total. The summed E-state index contributed by atoms with van der Waals surface area (Å²) < 4.78 is 14.0. The Kier molecular flexibility index (Phi) is 5.36. The maximum Gasteiger partial charge on any atom is 0.410 e. The number of aryl methyl sites for hydroxylation is 1. The van der Waals surface area contributed by atoms with E-state index in [4.69, 9.17) is 19.4 Å². The third-order valence-electron chi connectivity index (χ3n) is 8.19. The van der Waals surface area contributed by atoms with E-state index in [2.05, 4.69) is 14.8 Å². The number of rotatable bonds is 4. The van der Waals surface area contributed by atoms with Gasteiger partial charge in [-0.3, -0.25) is 9.80 Å². The number of carbonyl (C=O) groups excluding carboxylic acids is 1. The molecule has 2 unspecified atom stereocenters. The first kappa shape index (κ1) is 22.8. The molecular weight excluding hydrogens is 446 g/mol. The number of fused-ring (bicyclic) bond motifs is 4. The Balaban J connectivity index is 1.25. The molecular formula is C25H37N7O3. The minimum atomic E-state index is -0.500. The number of imidazole rings is 1. The van der Waals surface area contributed by atoms with Gasteiger partial charge in [-0.25, -0.2) is 9.78 Å². The zero-order valence-corrected chi connectivity index (χ0v) is 21.4. The number of anilines is 1. The summed E-state index contributed by atoms with van der Waals surface area (Å²) in [7, 11) is 1.95. The SMILES string of the molecule is Cn1cnc2c(N3CC4CCC(C3)N4C(=O)OC(C)(C)C)nc(OCC34CCCN3CCC4)nc21. The van der Waals surface area contributed by atoms with Gasteiger partial charge in [0, 0.05) is 20.1 Å². The molecule has 0 spiro atoms. The lowest BCUT2D eigenvalue weighted by Gasteiger charge is -2.41. The van der Waals surface area contributed by atoms with Crippen LogP contribution in [0.3, 0.4) is 0 Å². The predicted octanol–water partition coefficient (Wildman–Crippen LogP) is 2.96. The average Bonchev–Trinajstić information content (AvgIpc) is 3.53. The summed E-state index contributed by atoms with van der Waals surface area (Å²) in [6.07, 6.45) is 8.36. The van der Waals surface area contributed by atoms with Crippen molar-refractivity contribution in [3.63, 3.8) is 0 Å². The molecule has 1 amide bonds. The summed E-state index contributed by atoms with van der Waals surface area (Å²) in [5, 5.41) is 0. The van der Waals surface area contributed by atoms with Crippen molar-refractivity contribution in [3.8, 4) is 6.01 Å². The highest BCUT2D eigenvalue weighted by atomic mass is 16.6. The molecule has 4 saturated heterocycles. The second-order valence-corrected chi connectivity index (χ2v) is 11.7. The standard InChI is InChI=1S/C25H37N7O3/c1-24(2,3)35-23(33)32-17-7-8-18(32)14-30(13-17)21-19-20(29(4)16-26-19)27-22(28-21)34-15-25-9-5-11-31(25)12-6-10-25/h16-18H,5-15H2,1-4H3. The lowest BCUT2D eigenvalue weighted by Crippen LogP contribution is -2.57. The van der Waals surface area contributed by atoms with Gasteiger partial charge in [0.1, 0.15) is 12.2 Å². The van der Waals surface area contributed by atoms with Crippen LogP contribution in [0.15, 0.2) is 6.33 Å². The molecule has 4 aliphatic heterocycles. The third kappa shape index (κ3) is 3.99. The Morgan fingerprint density at radius 1 is 1.11 bits per heavy atom. The lowest BCUT2D eigenvalue weighted by molar-refractivity contribution is 0.0122. The van der Waals surface area contributed by atoms with E-state index < -0.39 is 5.60 Å². The highest BCUT2D eigenvalue weighted by Crippen LogP contribution is 2.40. The molecule has 0 radical (unpaired) electrons. The van der Waals surface area contributed by atoms with Crippen LogP contribution in [0.2, 0.25) is 0 Å². The number of nitrogens with zero attached hydrogens (tertiary/aromatic N) is 7. The van der Waals surface area contributed by atoms with Crippen LogP contribution >= 0.6 is 0 Å². The second kappa shape index (κ2) is 8.21. The van der Waals surface area contributed by atoms with Gasteiger partial charge >= 0.3 is 12.1 Å². The molecule has 6 heterocycles. The van der Waals surface area contributed by atoms with Crippen LogP contribution in [0.1, 0.15) is 59.3 Å². The van der Waals surface area contributed by atoms with E-state index in [1.165, 1.54) is 38.8 Å². The molecule has 190 valence electrons. The van der Waals surface area contributed by atoms with Crippen molar-refractivity contribution >= 4 is 23.1 Å². The summed E-state index contributed by atoms with van der Waals surface area (Å²) in [4.78, 5) is 34.0. The van der Waals surface area contributed by atoms with E-state index >= 15 is 0 Å². The van der Waals surface area contributed by atoms with Crippen molar-refractivity contribution in [2.75, 3.05) is 37.7 Å². The monoisotopic (exact) mass is 483 g/mol. The number of piperazine rings is 1. The fourth-order valence-electron chi connectivity index (χ4n) is 6.61. The molecule has 6 rings (SSSR count). The van der Waals surface area contributed by atoms with E-state index in [9.17, 15) is 4.79 Å². The van der Waals surface area contributed by atoms with Gasteiger partial charge < -0.3 is 18.9 Å². The minimum absolute atomic E-state index is 0.103. The van der Waals surface area contributed by atoms with Crippen LogP contribution in [0.25, 0.3) is 11.2 Å². The molecule has 0 aromatic carbocycles. The summed E-state index contributed by atoms with van der Waals surface area (Å²) in [6.45, 7) is 10.1. The number of ether oxygens (including phenoxy) is 2. The minimum Gasteiger partial charge on any atom is -0.461 e. The molecule has 2 bridgehead atoms. The molecule has 2 aromatic rings. The Bertz CT molecular complexity index is 1100.